The maximum atomic E-state index is 13.5. The van der Waals surface area contributed by atoms with Gasteiger partial charge < -0.3 is 14.6 Å². The van der Waals surface area contributed by atoms with Gasteiger partial charge in [-0.1, -0.05) is 91.0 Å². The van der Waals surface area contributed by atoms with Gasteiger partial charge in [0.2, 0.25) is 0 Å². The van der Waals surface area contributed by atoms with E-state index in [4.69, 9.17) is 23.0 Å². The fourth-order valence-corrected chi connectivity index (χ4v) is 6.77. The van der Waals surface area contributed by atoms with Gasteiger partial charge in [-0.25, -0.2) is 9.36 Å². The summed E-state index contributed by atoms with van der Waals surface area (Å²) in [5, 5.41) is 11.5. The van der Waals surface area contributed by atoms with Crippen LogP contribution in [0, 0.1) is 0 Å². The lowest BCUT2D eigenvalue weighted by Gasteiger charge is -2.37. The van der Waals surface area contributed by atoms with Gasteiger partial charge in [-0.3, -0.25) is 27.9 Å². The molecule has 0 unspecified atom stereocenters. The molecule has 232 valence electrons. The van der Waals surface area contributed by atoms with Crippen molar-refractivity contribution < 1.29 is 32.7 Å². The number of aliphatic hydroxyl groups is 1. The Hall–Kier alpha value is -3.67. The zero-order valence-electron chi connectivity index (χ0n) is 24.4. The van der Waals surface area contributed by atoms with Gasteiger partial charge in [0, 0.05) is 12.3 Å². The van der Waals surface area contributed by atoms with Gasteiger partial charge >= 0.3 is 13.5 Å². The summed E-state index contributed by atoms with van der Waals surface area (Å²) in [6.07, 6.45) is -4.01. The molecule has 12 heteroatoms. The van der Waals surface area contributed by atoms with Gasteiger partial charge in [-0.05, 0) is 30.5 Å². The summed E-state index contributed by atoms with van der Waals surface area (Å²) in [4.78, 5) is 26.6. The maximum Gasteiger partial charge on any atom is 0.475 e. The van der Waals surface area contributed by atoms with Crippen LogP contribution < -0.4 is 11.2 Å². The van der Waals surface area contributed by atoms with Gasteiger partial charge in [0.1, 0.15) is 23.9 Å². The highest BCUT2D eigenvalue weighted by Crippen LogP contribution is 2.53. The number of nitrogens with one attached hydrogen (secondary N) is 1. The summed E-state index contributed by atoms with van der Waals surface area (Å²) in [6, 6.07) is 30.1. The van der Waals surface area contributed by atoms with Gasteiger partial charge in [0.25, 0.3) is 5.56 Å². The lowest BCUT2D eigenvalue weighted by molar-refractivity contribution is -0.0958. The molecule has 11 nitrogen and oxygen atoms in total. The van der Waals surface area contributed by atoms with Crippen molar-refractivity contribution in [2.24, 2.45) is 0 Å². The molecule has 1 saturated heterocycles. The molecule has 44 heavy (non-hydrogen) atoms. The summed E-state index contributed by atoms with van der Waals surface area (Å²) < 4.78 is 44.2. The van der Waals surface area contributed by atoms with Crippen molar-refractivity contribution in [2.75, 3.05) is 19.8 Å². The van der Waals surface area contributed by atoms with Gasteiger partial charge in [-0.2, -0.15) is 0 Å². The van der Waals surface area contributed by atoms with Crippen LogP contribution in [0.1, 0.15) is 36.8 Å². The molecule has 0 saturated carbocycles. The first-order chi connectivity index (χ1) is 21.3. The Morgan fingerprint density at radius 2 is 1.34 bits per heavy atom. The molecule has 2 heterocycles. The number of aliphatic hydroxyl groups excluding tert-OH is 1. The minimum atomic E-state index is -4.16. The monoisotopic (exact) mass is 622 g/mol. The molecule has 1 aliphatic rings. The minimum Gasteiger partial charge on any atom is -0.386 e. The van der Waals surface area contributed by atoms with E-state index in [1.807, 2.05) is 91.0 Å². The molecule has 1 aliphatic heterocycles. The zero-order valence-corrected chi connectivity index (χ0v) is 25.2. The normalized spacial score (nSPS) is 20.5. The number of aromatic nitrogens is 2. The zero-order chi connectivity index (χ0) is 31.2. The Kier molecular flexibility index (Phi) is 10.1. The molecular weight excluding hydrogens is 587 g/mol. The van der Waals surface area contributed by atoms with E-state index in [9.17, 15) is 19.3 Å². The fourth-order valence-electron chi connectivity index (χ4n) is 5.38. The summed E-state index contributed by atoms with van der Waals surface area (Å²) in [5.41, 5.74) is -0.0590. The molecule has 2 N–H and O–H groups in total. The topological polar surface area (TPSA) is 138 Å². The second-order valence-electron chi connectivity index (χ2n) is 10.0. The summed E-state index contributed by atoms with van der Waals surface area (Å²) in [5.74, 6) is 0. The van der Waals surface area contributed by atoms with Crippen LogP contribution in [0.3, 0.4) is 0 Å². The molecule has 4 aromatic rings. The van der Waals surface area contributed by atoms with Gasteiger partial charge in [0.15, 0.2) is 6.23 Å². The number of benzene rings is 3. The van der Waals surface area contributed by atoms with Crippen LogP contribution in [-0.2, 0) is 33.2 Å². The second kappa shape index (κ2) is 14.0. The average Bonchev–Trinajstić information content (AvgIpc) is 3.33. The summed E-state index contributed by atoms with van der Waals surface area (Å²) >= 11 is 0. The highest BCUT2D eigenvalue weighted by molar-refractivity contribution is 7.48. The first kappa shape index (κ1) is 31.7. The average molecular weight is 623 g/mol. The predicted molar refractivity (Wildman–Crippen MR) is 162 cm³/mol. The maximum absolute atomic E-state index is 13.5. The molecule has 0 bridgehead atoms. The number of H-pyrrole nitrogens is 1. The molecule has 1 aromatic heterocycles. The molecule has 0 radical (unpaired) electrons. The number of nitrogens with zero attached hydrogens (tertiary/aromatic N) is 1. The van der Waals surface area contributed by atoms with Crippen molar-refractivity contribution >= 4 is 7.82 Å². The molecule has 0 spiro atoms. The van der Waals surface area contributed by atoms with E-state index >= 15 is 0 Å². The van der Waals surface area contributed by atoms with Crippen molar-refractivity contribution in [2.45, 2.75) is 44.0 Å². The van der Waals surface area contributed by atoms with Crippen molar-refractivity contribution in [3.8, 4) is 0 Å². The third-order valence-electron chi connectivity index (χ3n) is 7.27. The van der Waals surface area contributed by atoms with Crippen molar-refractivity contribution in [3.63, 3.8) is 0 Å². The molecule has 5 rings (SSSR count). The van der Waals surface area contributed by atoms with Crippen LogP contribution in [0.25, 0.3) is 0 Å². The van der Waals surface area contributed by atoms with E-state index in [0.717, 1.165) is 27.3 Å². The standard InChI is InChI=1S/C32H35N2O9P/c1-3-40-44(38,41-4-2)43-29-26(42-30(28(29)36)34-21-20-27(35)33-31(34)37)22-39-32(23-14-8-5-9-15-23,24-16-10-6-11-17-24)25-18-12-7-13-19-25/h5-21,26,28-30,36H,3-4,22H2,1-2H3,(H,33,35,37)/t26-,28-,29-,30-/m1/s1. The first-order valence-electron chi connectivity index (χ1n) is 14.3. The van der Waals surface area contributed by atoms with E-state index in [1.54, 1.807) is 13.8 Å². The summed E-state index contributed by atoms with van der Waals surface area (Å²) in [6.45, 7) is 3.11. The van der Waals surface area contributed by atoms with E-state index in [1.165, 1.54) is 6.20 Å². The minimum absolute atomic E-state index is 0.0179. The predicted octanol–water partition coefficient (Wildman–Crippen LogP) is 4.37. The quantitative estimate of drug-likeness (QED) is 0.164. The SMILES string of the molecule is CCOP(=O)(OCC)O[C@H]1[C@@H](O)[C@H](n2ccc(=O)[nH]c2=O)O[C@@H]1COC(c1ccccc1)(c1ccccc1)c1ccccc1. The van der Waals surface area contributed by atoms with Crippen LogP contribution in [0.2, 0.25) is 0 Å². The Morgan fingerprint density at radius 3 is 1.80 bits per heavy atom. The van der Waals surface area contributed by atoms with Gasteiger partial charge in [0.05, 0.1) is 19.8 Å². The van der Waals surface area contributed by atoms with Crippen molar-refractivity contribution in [3.05, 3.63) is 141 Å². The van der Waals surface area contributed by atoms with Gasteiger partial charge in [-0.15, -0.1) is 0 Å². The van der Waals surface area contributed by atoms with E-state index < -0.39 is 49.2 Å². The first-order valence-corrected chi connectivity index (χ1v) is 15.8. The molecular formula is C32H35N2O9P. The Balaban J connectivity index is 1.58. The molecule has 4 atom stereocenters. The van der Waals surface area contributed by atoms with Crippen LogP contribution >= 0.6 is 7.82 Å². The lowest BCUT2D eigenvalue weighted by atomic mass is 9.80. The number of phosphoric acid groups is 1. The fraction of sp³-hybridized carbons (Fsp3) is 0.312. The number of rotatable bonds is 13. The van der Waals surface area contributed by atoms with Crippen LogP contribution in [0.4, 0.5) is 0 Å². The third kappa shape index (κ3) is 6.55. The summed E-state index contributed by atoms with van der Waals surface area (Å²) in [7, 11) is -4.16. The number of aromatic amines is 1. The smallest absolute Gasteiger partial charge is 0.386 e. The lowest BCUT2D eigenvalue weighted by Crippen LogP contribution is -2.41. The highest BCUT2D eigenvalue weighted by Gasteiger charge is 2.51. The number of phosphoric ester groups is 1. The van der Waals surface area contributed by atoms with E-state index in [2.05, 4.69) is 4.98 Å². The second-order valence-corrected chi connectivity index (χ2v) is 11.6. The molecule has 1 fully saturated rings. The van der Waals surface area contributed by atoms with Crippen molar-refractivity contribution in [1.29, 1.82) is 0 Å². The Morgan fingerprint density at radius 1 is 0.841 bits per heavy atom. The number of hydrogen-bond donors (Lipinski definition) is 2. The number of ether oxygens (including phenoxy) is 2. The Bertz CT molecular complexity index is 1560. The van der Waals surface area contributed by atoms with Crippen LogP contribution in [0.15, 0.2) is 113 Å². The molecule has 0 aliphatic carbocycles. The van der Waals surface area contributed by atoms with Crippen LogP contribution in [-0.4, -0.2) is 52.8 Å². The third-order valence-corrected chi connectivity index (χ3v) is 8.92. The highest BCUT2D eigenvalue weighted by atomic mass is 31.2. The molecule has 3 aromatic carbocycles. The molecule has 0 amide bonds. The van der Waals surface area contributed by atoms with Crippen molar-refractivity contribution in [1.82, 2.24) is 9.55 Å². The van der Waals surface area contributed by atoms with Crippen LogP contribution in [0.5, 0.6) is 0 Å². The largest absolute Gasteiger partial charge is 0.475 e. The van der Waals surface area contributed by atoms with E-state index in [-0.39, 0.29) is 19.8 Å². The Labute approximate surface area is 254 Å². The van der Waals surface area contributed by atoms with E-state index in [0.29, 0.717) is 0 Å². The number of hydrogen-bond acceptors (Lipinski definition) is 9.